The molecule has 84 valence electrons. The van der Waals surface area contributed by atoms with Gasteiger partial charge in [0.15, 0.2) is 5.60 Å². The molecule has 0 aliphatic heterocycles. The molecule has 0 aromatic heterocycles. The van der Waals surface area contributed by atoms with Crippen molar-refractivity contribution in [2.45, 2.75) is 25.6 Å². The van der Waals surface area contributed by atoms with Crippen molar-refractivity contribution < 1.29 is 17.9 Å². The molecule has 1 nitrogen and oxygen atoms in total. The SMILES string of the molecule is COC(C)(c1cccc(C)c1)C(F)(F)F. The van der Waals surface area contributed by atoms with Crippen molar-refractivity contribution in [3.63, 3.8) is 0 Å². The molecule has 0 N–H and O–H groups in total. The van der Waals surface area contributed by atoms with Crippen LogP contribution in [0, 0.1) is 6.92 Å². The Morgan fingerprint density at radius 2 is 1.80 bits per heavy atom. The molecule has 0 saturated carbocycles. The summed E-state index contributed by atoms with van der Waals surface area (Å²) in [5.74, 6) is 0. The van der Waals surface area contributed by atoms with Crippen molar-refractivity contribution in [3.8, 4) is 0 Å². The Kier molecular flexibility index (Phi) is 3.09. The first-order chi connectivity index (χ1) is 6.81. The minimum atomic E-state index is -4.42. The number of benzene rings is 1. The van der Waals surface area contributed by atoms with Crippen LogP contribution >= 0.6 is 0 Å². The molecule has 4 heteroatoms. The van der Waals surface area contributed by atoms with Crippen LogP contribution in [0.4, 0.5) is 13.2 Å². The summed E-state index contributed by atoms with van der Waals surface area (Å²) in [5, 5.41) is 0. The van der Waals surface area contributed by atoms with E-state index in [4.69, 9.17) is 0 Å². The van der Waals surface area contributed by atoms with Crippen molar-refractivity contribution in [3.05, 3.63) is 35.4 Å². The smallest absolute Gasteiger partial charge is 0.364 e. The second kappa shape index (κ2) is 3.85. The largest absolute Gasteiger partial charge is 0.421 e. The predicted molar refractivity (Wildman–Crippen MR) is 51.6 cm³/mol. The average Bonchev–Trinajstić information content (AvgIpc) is 2.14. The fourth-order valence-corrected chi connectivity index (χ4v) is 1.34. The first-order valence-corrected chi connectivity index (χ1v) is 4.50. The summed E-state index contributed by atoms with van der Waals surface area (Å²) < 4.78 is 43.0. The van der Waals surface area contributed by atoms with Gasteiger partial charge in [0.05, 0.1) is 0 Å². The molecule has 0 radical (unpaired) electrons. The van der Waals surface area contributed by atoms with Crippen molar-refractivity contribution in [1.82, 2.24) is 0 Å². The van der Waals surface area contributed by atoms with Crippen LogP contribution in [-0.2, 0) is 10.3 Å². The Labute approximate surface area is 86.9 Å². The highest BCUT2D eigenvalue weighted by molar-refractivity contribution is 5.28. The standard InChI is InChI=1S/C11H13F3O/c1-8-5-4-6-9(7-8)10(2,15-3)11(12,13)14/h4-7H,1-3H3. The molecule has 0 aliphatic carbocycles. The van der Waals surface area contributed by atoms with Gasteiger partial charge in [0, 0.05) is 7.11 Å². The highest BCUT2D eigenvalue weighted by atomic mass is 19.4. The minimum absolute atomic E-state index is 0.123. The second-order valence-corrected chi connectivity index (χ2v) is 3.60. The van der Waals surface area contributed by atoms with Crippen LogP contribution < -0.4 is 0 Å². The maximum absolute atomic E-state index is 12.8. The van der Waals surface area contributed by atoms with E-state index in [2.05, 4.69) is 4.74 Å². The van der Waals surface area contributed by atoms with Gasteiger partial charge in [-0.25, -0.2) is 0 Å². The van der Waals surface area contributed by atoms with Crippen molar-refractivity contribution in [2.75, 3.05) is 7.11 Å². The third-order valence-electron chi connectivity index (χ3n) is 2.52. The number of hydrogen-bond acceptors (Lipinski definition) is 1. The molecule has 0 spiro atoms. The van der Waals surface area contributed by atoms with Gasteiger partial charge in [-0.15, -0.1) is 0 Å². The summed E-state index contributed by atoms with van der Waals surface area (Å²) in [7, 11) is 1.07. The molecule has 1 rings (SSSR count). The molecule has 1 aromatic rings. The summed E-state index contributed by atoms with van der Waals surface area (Å²) in [4.78, 5) is 0. The van der Waals surface area contributed by atoms with Gasteiger partial charge < -0.3 is 4.74 Å². The molecular formula is C11H13F3O. The zero-order valence-corrected chi connectivity index (χ0v) is 8.85. The minimum Gasteiger partial charge on any atom is -0.364 e. The van der Waals surface area contributed by atoms with Crippen LogP contribution in [0.5, 0.6) is 0 Å². The Morgan fingerprint density at radius 3 is 2.20 bits per heavy atom. The van der Waals surface area contributed by atoms with E-state index in [1.165, 1.54) is 12.1 Å². The normalized spacial score (nSPS) is 16.1. The zero-order valence-electron chi connectivity index (χ0n) is 8.85. The number of halogens is 3. The molecule has 0 bridgehead atoms. The van der Waals surface area contributed by atoms with Crippen LogP contribution in [0.3, 0.4) is 0 Å². The lowest BCUT2D eigenvalue weighted by molar-refractivity contribution is -0.269. The quantitative estimate of drug-likeness (QED) is 0.739. The molecule has 1 atom stereocenters. The van der Waals surface area contributed by atoms with Crippen LogP contribution in [0.15, 0.2) is 24.3 Å². The number of aryl methyl sites for hydroxylation is 1. The number of alkyl halides is 3. The van der Waals surface area contributed by atoms with E-state index >= 15 is 0 Å². The fraction of sp³-hybridized carbons (Fsp3) is 0.455. The van der Waals surface area contributed by atoms with Crippen molar-refractivity contribution in [1.29, 1.82) is 0 Å². The van der Waals surface area contributed by atoms with Crippen LogP contribution in [-0.4, -0.2) is 13.3 Å². The maximum atomic E-state index is 12.8. The molecule has 15 heavy (non-hydrogen) atoms. The van der Waals surface area contributed by atoms with E-state index in [0.717, 1.165) is 19.6 Å². The Balaban J connectivity index is 3.23. The number of ether oxygens (including phenoxy) is 1. The van der Waals surface area contributed by atoms with E-state index in [1.807, 2.05) is 0 Å². The number of methoxy groups -OCH3 is 1. The Morgan fingerprint density at radius 1 is 1.20 bits per heavy atom. The molecule has 0 fully saturated rings. The molecule has 1 unspecified atom stereocenters. The summed E-state index contributed by atoms with van der Waals surface area (Å²) in [6.07, 6.45) is -4.42. The van der Waals surface area contributed by atoms with Gasteiger partial charge >= 0.3 is 6.18 Å². The molecule has 0 heterocycles. The zero-order chi connectivity index (χ0) is 11.7. The highest BCUT2D eigenvalue weighted by Gasteiger charge is 2.52. The summed E-state index contributed by atoms with van der Waals surface area (Å²) in [6.45, 7) is 2.78. The lowest BCUT2D eigenvalue weighted by Crippen LogP contribution is -2.41. The van der Waals surface area contributed by atoms with Gasteiger partial charge in [0.2, 0.25) is 0 Å². The van der Waals surface area contributed by atoms with Crippen molar-refractivity contribution in [2.24, 2.45) is 0 Å². The Bertz CT molecular complexity index is 346. The van der Waals surface area contributed by atoms with Crippen LogP contribution in [0.1, 0.15) is 18.1 Å². The van der Waals surface area contributed by atoms with E-state index in [0.29, 0.717) is 0 Å². The maximum Gasteiger partial charge on any atom is 0.421 e. The van der Waals surface area contributed by atoms with E-state index in [-0.39, 0.29) is 5.56 Å². The van der Waals surface area contributed by atoms with E-state index in [9.17, 15) is 13.2 Å². The molecular weight excluding hydrogens is 205 g/mol. The topological polar surface area (TPSA) is 9.23 Å². The second-order valence-electron chi connectivity index (χ2n) is 3.60. The predicted octanol–water partition coefficient (Wildman–Crippen LogP) is 3.42. The molecule has 0 saturated heterocycles. The van der Waals surface area contributed by atoms with Gasteiger partial charge in [0.1, 0.15) is 0 Å². The summed E-state index contributed by atoms with van der Waals surface area (Å²) in [5.41, 5.74) is -1.34. The van der Waals surface area contributed by atoms with E-state index in [1.54, 1.807) is 19.1 Å². The van der Waals surface area contributed by atoms with Gasteiger partial charge in [0.25, 0.3) is 0 Å². The van der Waals surface area contributed by atoms with Gasteiger partial charge in [-0.2, -0.15) is 13.2 Å². The molecule has 0 amide bonds. The Hall–Kier alpha value is -1.03. The van der Waals surface area contributed by atoms with Gasteiger partial charge in [-0.3, -0.25) is 0 Å². The third-order valence-corrected chi connectivity index (χ3v) is 2.52. The summed E-state index contributed by atoms with van der Waals surface area (Å²) >= 11 is 0. The summed E-state index contributed by atoms with van der Waals surface area (Å²) in [6, 6.07) is 6.24. The van der Waals surface area contributed by atoms with Gasteiger partial charge in [-0.05, 0) is 19.4 Å². The van der Waals surface area contributed by atoms with Crippen LogP contribution in [0.2, 0.25) is 0 Å². The third kappa shape index (κ3) is 2.15. The first-order valence-electron chi connectivity index (χ1n) is 4.50. The van der Waals surface area contributed by atoms with Crippen molar-refractivity contribution >= 4 is 0 Å². The molecule has 0 aliphatic rings. The first kappa shape index (κ1) is 12.0. The van der Waals surface area contributed by atoms with E-state index < -0.39 is 11.8 Å². The number of hydrogen-bond donors (Lipinski definition) is 0. The van der Waals surface area contributed by atoms with Crippen LogP contribution in [0.25, 0.3) is 0 Å². The molecule has 1 aromatic carbocycles. The number of rotatable bonds is 2. The highest BCUT2D eigenvalue weighted by Crippen LogP contribution is 2.41. The van der Waals surface area contributed by atoms with Gasteiger partial charge in [-0.1, -0.05) is 29.8 Å². The monoisotopic (exact) mass is 218 g/mol. The average molecular weight is 218 g/mol. The lowest BCUT2D eigenvalue weighted by Gasteiger charge is -2.31. The lowest BCUT2D eigenvalue weighted by atomic mass is 9.94. The fourth-order valence-electron chi connectivity index (χ4n) is 1.34.